The van der Waals surface area contributed by atoms with Crippen molar-refractivity contribution < 1.29 is 18.0 Å². The smallest absolute Gasteiger partial charge is 0.243 e. The zero-order valence-corrected chi connectivity index (χ0v) is 20.2. The quantitative estimate of drug-likeness (QED) is 0.609. The Bertz CT molecular complexity index is 1170. The summed E-state index contributed by atoms with van der Waals surface area (Å²) in [6.45, 7) is 3.77. The van der Waals surface area contributed by atoms with E-state index in [1.54, 1.807) is 25.3 Å². The van der Waals surface area contributed by atoms with Crippen LogP contribution in [0.15, 0.2) is 47.5 Å². The summed E-state index contributed by atoms with van der Waals surface area (Å²) >= 11 is 0. The number of aryl methyl sites for hydroxylation is 1. The molecule has 1 aromatic carbocycles. The molecule has 1 aromatic heterocycles. The van der Waals surface area contributed by atoms with Crippen LogP contribution in [0.5, 0.6) is 0 Å². The van der Waals surface area contributed by atoms with E-state index in [4.69, 9.17) is 0 Å². The van der Waals surface area contributed by atoms with Crippen molar-refractivity contribution in [2.75, 3.05) is 31.1 Å². The van der Waals surface area contributed by atoms with Gasteiger partial charge in [-0.3, -0.25) is 14.5 Å². The van der Waals surface area contributed by atoms with Crippen LogP contribution in [-0.4, -0.2) is 60.6 Å². The number of fused-ring (bicyclic) bond motifs is 1. The van der Waals surface area contributed by atoms with Crippen molar-refractivity contribution in [3.8, 4) is 0 Å². The van der Waals surface area contributed by atoms with E-state index in [0.717, 1.165) is 31.5 Å². The Morgan fingerprint density at radius 2 is 1.62 bits per heavy atom. The van der Waals surface area contributed by atoms with Crippen LogP contribution in [0.25, 0.3) is 0 Å². The van der Waals surface area contributed by atoms with Gasteiger partial charge in [-0.1, -0.05) is 31.0 Å². The van der Waals surface area contributed by atoms with Gasteiger partial charge in [0, 0.05) is 32.4 Å². The van der Waals surface area contributed by atoms with E-state index in [0.29, 0.717) is 37.3 Å². The van der Waals surface area contributed by atoms with E-state index >= 15 is 0 Å². The average molecular weight is 483 g/mol. The van der Waals surface area contributed by atoms with E-state index in [9.17, 15) is 18.0 Å². The number of benzene rings is 1. The molecule has 9 heteroatoms. The molecule has 2 aliphatic heterocycles. The minimum atomic E-state index is -3.70. The largest absolute Gasteiger partial charge is 0.354 e. The van der Waals surface area contributed by atoms with Crippen molar-refractivity contribution in [3.05, 3.63) is 53.7 Å². The molecular weight excluding hydrogens is 452 g/mol. The fourth-order valence-electron chi connectivity index (χ4n) is 5.43. The monoisotopic (exact) mass is 482 g/mol. The molecule has 8 nitrogen and oxygen atoms in total. The summed E-state index contributed by atoms with van der Waals surface area (Å²) in [7, 11) is -3.70. The van der Waals surface area contributed by atoms with Crippen LogP contribution < -0.4 is 4.90 Å². The minimum absolute atomic E-state index is 0.106. The highest BCUT2D eigenvalue weighted by atomic mass is 32.2. The number of aromatic nitrogens is 1. The molecule has 2 aromatic rings. The second-order valence-corrected chi connectivity index (χ2v) is 11.3. The number of anilines is 1. The molecule has 1 saturated carbocycles. The number of carbonyl (C=O) groups excluding carboxylic acids is 2. The van der Waals surface area contributed by atoms with Crippen molar-refractivity contribution in [2.45, 2.75) is 44.0 Å². The maximum atomic E-state index is 13.5. The lowest BCUT2D eigenvalue weighted by atomic mass is 9.81. The number of imide groups is 1. The third-order valence-electron chi connectivity index (χ3n) is 7.36. The fraction of sp³-hybridized carbons (Fsp3) is 0.480. The highest BCUT2D eigenvalue weighted by Gasteiger charge is 2.48. The van der Waals surface area contributed by atoms with Gasteiger partial charge in [-0.15, -0.1) is 0 Å². The second kappa shape index (κ2) is 9.11. The number of pyridine rings is 1. The first kappa shape index (κ1) is 23.0. The summed E-state index contributed by atoms with van der Waals surface area (Å²) in [5.74, 6) is 0.226. The number of amides is 2. The molecule has 2 saturated heterocycles. The van der Waals surface area contributed by atoms with Gasteiger partial charge >= 0.3 is 0 Å². The lowest BCUT2D eigenvalue weighted by Crippen LogP contribution is -2.49. The van der Waals surface area contributed by atoms with Crippen molar-refractivity contribution in [1.29, 1.82) is 0 Å². The van der Waals surface area contributed by atoms with Crippen LogP contribution in [0.3, 0.4) is 0 Å². The number of hydrogen-bond donors (Lipinski definition) is 0. The number of nitrogens with zero attached hydrogens (tertiary/aromatic N) is 4. The molecule has 0 unspecified atom stereocenters. The normalized spacial score (nSPS) is 23.9. The second-order valence-electron chi connectivity index (χ2n) is 9.44. The molecule has 3 aliphatic rings. The fourth-order valence-corrected chi connectivity index (χ4v) is 7.13. The molecular formula is C25H30N4O4S. The maximum Gasteiger partial charge on any atom is 0.243 e. The third-order valence-corrected chi connectivity index (χ3v) is 9.40. The molecule has 0 spiro atoms. The van der Waals surface area contributed by atoms with Gasteiger partial charge in [-0.25, -0.2) is 13.4 Å². The highest BCUT2D eigenvalue weighted by Crippen LogP contribution is 2.38. The first-order valence-electron chi connectivity index (χ1n) is 12.0. The SMILES string of the molecule is Cc1ccc(CN2C(=O)[C@H]3CCCC[C@H]3C2=O)cc1S(=O)(=O)N1CCN(c2ccccn2)CC1. The standard InChI is InChI=1S/C25H30N4O4S/c1-18-9-10-19(17-29-24(30)20-6-2-3-7-21(20)25(29)31)16-22(18)34(32,33)28-14-12-27(13-15-28)23-8-4-5-11-26-23/h4-5,8-11,16,20-21H,2-3,6-7,12-15,17H2,1H3/t20-,21+. The predicted molar refractivity (Wildman–Crippen MR) is 127 cm³/mol. The van der Waals surface area contributed by atoms with Gasteiger partial charge in [0.25, 0.3) is 0 Å². The van der Waals surface area contributed by atoms with Crippen LogP contribution in [0.1, 0.15) is 36.8 Å². The number of likely N-dealkylation sites (tertiary alicyclic amines) is 1. The Morgan fingerprint density at radius 3 is 2.24 bits per heavy atom. The summed E-state index contributed by atoms with van der Waals surface area (Å²) in [4.78, 5) is 33.8. The van der Waals surface area contributed by atoms with Crippen molar-refractivity contribution >= 4 is 27.7 Å². The van der Waals surface area contributed by atoms with Gasteiger partial charge in [0.15, 0.2) is 0 Å². The molecule has 0 radical (unpaired) electrons. The zero-order valence-electron chi connectivity index (χ0n) is 19.4. The summed E-state index contributed by atoms with van der Waals surface area (Å²) < 4.78 is 28.6. The number of piperazine rings is 1. The molecule has 3 fully saturated rings. The summed E-state index contributed by atoms with van der Waals surface area (Å²) in [5, 5.41) is 0. The molecule has 3 heterocycles. The van der Waals surface area contributed by atoms with Crippen molar-refractivity contribution in [3.63, 3.8) is 0 Å². The van der Waals surface area contributed by atoms with Crippen LogP contribution >= 0.6 is 0 Å². The molecule has 180 valence electrons. The predicted octanol–water partition coefficient (Wildman–Crippen LogP) is 2.58. The average Bonchev–Trinajstić information content (AvgIpc) is 3.10. The minimum Gasteiger partial charge on any atom is -0.354 e. The Balaban J connectivity index is 1.32. The van der Waals surface area contributed by atoms with Crippen LogP contribution in [0.2, 0.25) is 0 Å². The topological polar surface area (TPSA) is 90.9 Å². The molecule has 0 bridgehead atoms. The third kappa shape index (κ3) is 4.11. The van der Waals surface area contributed by atoms with Gasteiger partial charge < -0.3 is 4.90 Å². The molecule has 2 atom stereocenters. The number of sulfonamides is 1. The molecule has 2 amide bonds. The van der Waals surface area contributed by atoms with E-state index in [1.807, 2.05) is 24.3 Å². The van der Waals surface area contributed by atoms with Crippen LogP contribution in [0, 0.1) is 18.8 Å². The van der Waals surface area contributed by atoms with E-state index in [-0.39, 0.29) is 35.1 Å². The van der Waals surface area contributed by atoms with Gasteiger partial charge in [0.2, 0.25) is 21.8 Å². The number of rotatable bonds is 5. The van der Waals surface area contributed by atoms with Crippen molar-refractivity contribution in [1.82, 2.24) is 14.2 Å². The molecule has 0 N–H and O–H groups in total. The molecule has 34 heavy (non-hydrogen) atoms. The lowest BCUT2D eigenvalue weighted by Gasteiger charge is -2.35. The van der Waals surface area contributed by atoms with Crippen molar-refractivity contribution in [2.24, 2.45) is 11.8 Å². The summed E-state index contributed by atoms with van der Waals surface area (Å²) in [5.41, 5.74) is 1.32. The number of hydrogen-bond acceptors (Lipinski definition) is 6. The summed E-state index contributed by atoms with van der Waals surface area (Å²) in [6.07, 6.45) is 5.23. The van der Waals surface area contributed by atoms with Gasteiger partial charge in [-0.05, 0) is 49.1 Å². The highest BCUT2D eigenvalue weighted by molar-refractivity contribution is 7.89. The van der Waals surface area contributed by atoms with Crippen LogP contribution in [-0.2, 0) is 26.2 Å². The lowest BCUT2D eigenvalue weighted by molar-refractivity contribution is -0.140. The van der Waals surface area contributed by atoms with E-state index in [1.165, 1.54) is 9.21 Å². The number of carbonyl (C=O) groups is 2. The molecule has 1 aliphatic carbocycles. The first-order chi connectivity index (χ1) is 16.4. The summed E-state index contributed by atoms with van der Waals surface area (Å²) in [6, 6.07) is 10.9. The van der Waals surface area contributed by atoms with Gasteiger partial charge in [0.1, 0.15) is 5.82 Å². The Labute approximate surface area is 200 Å². The van der Waals surface area contributed by atoms with E-state index in [2.05, 4.69) is 9.88 Å². The Hall–Kier alpha value is -2.78. The zero-order chi connectivity index (χ0) is 23.9. The molecule has 5 rings (SSSR count). The first-order valence-corrected chi connectivity index (χ1v) is 13.4. The maximum absolute atomic E-state index is 13.5. The Morgan fingerprint density at radius 1 is 0.941 bits per heavy atom. The van der Waals surface area contributed by atoms with Gasteiger partial charge in [0.05, 0.1) is 23.3 Å². The van der Waals surface area contributed by atoms with Gasteiger partial charge in [-0.2, -0.15) is 4.31 Å². The van der Waals surface area contributed by atoms with E-state index < -0.39 is 10.0 Å². The Kier molecular flexibility index (Phi) is 6.16. The van der Waals surface area contributed by atoms with Crippen LogP contribution in [0.4, 0.5) is 5.82 Å².